The van der Waals surface area contributed by atoms with Crippen LogP contribution in [0.3, 0.4) is 0 Å². The number of amides is 2. The summed E-state index contributed by atoms with van der Waals surface area (Å²) in [5, 5.41) is 8.80. The largest absolute Gasteiger partial charge is 0.353 e. The summed E-state index contributed by atoms with van der Waals surface area (Å²) >= 11 is 0. The lowest BCUT2D eigenvalue weighted by molar-refractivity contribution is -0.127. The highest BCUT2D eigenvalue weighted by molar-refractivity contribution is 5.87. The van der Waals surface area contributed by atoms with Crippen LogP contribution in [0.4, 0.5) is 0 Å². The first-order chi connectivity index (χ1) is 9.74. The summed E-state index contributed by atoms with van der Waals surface area (Å²) in [5.41, 5.74) is 1.16. The van der Waals surface area contributed by atoms with Crippen molar-refractivity contribution in [2.45, 2.75) is 24.9 Å². The summed E-state index contributed by atoms with van der Waals surface area (Å²) in [6.45, 7) is 0.564. The first-order valence-corrected chi connectivity index (χ1v) is 7.09. The Morgan fingerprint density at radius 2 is 2.00 bits per heavy atom. The molecule has 1 aliphatic heterocycles. The zero-order valence-corrected chi connectivity index (χ0v) is 11.3. The third-order valence-corrected chi connectivity index (χ3v) is 3.88. The average molecular weight is 273 g/mol. The molecule has 0 radical (unpaired) electrons. The van der Waals surface area contributed by atoms with Crippen molar-refractivity contribution >= 4 is 11.8 Å². The molecule has 1 saturated carbocycles. The van der Waals surface area contributed by atoms with E-state index in [0.717, 1.165) is 18.4 Å². The van der Waals surface area contributed by atoms with Gasteiger partial charge in [0.25, 0.3) is 0 Å². The van der Waals surface area contributed by atoms with Crippen LogP contribution in [0.25, 0.3) is 0 Å². The van der Waals surface area contributed by atoms with E-state index in [2.05, 4.69) is 28.1 Å². The second kappa shape index (κ2) is 5.63. The number of carbonyl (C=O) groups excluding carboxylic acids is 2. The van der Waals surface area contributed by atoms with Crippen LogP contribution in [-0.2, 0) is 9.59 Å². The Balaban J connectivity index is 1.65. The minimum atomic E-state index is -0.335. The fourth-order valence-corrected chi connectivity index (χ4v) is 2.57. The quantitative estimate of drug-likeness (QED) is 0.741. The van der Waals surface area contributed by atoms with E-state index in [4.69, 9.17) is 0 Å². The van der Waals surface area contributed by atoms with Gasteiger partial charge in [0.2, 0.25) is 11.8 Å². The van der Waals surface area contributed by atoms with Crippen molar-refractivity contribution in [3.8, 4) is 0 Å². The van der Waals surface area contributed by atoms with Gasteiger partial charge in [-0.3, -0.25) is 14.9 Å². The van der Waals surface area contributed by atoms with E-state index in [-0.39, 0.29) is 30.4 Å². The Labute approximate surface area is 118 Å². The van der Waals surface area contributed by atoms with E-state index in [1.807, 2.05) is 18.2 Å². The van der Waals surface area contributed by atoms with E-state index < -0.39 is 0 Å². The normalized spacial score (nSPS) is 23.8. The first-order valence-electron chi connectivity index (χ1n) is 7.09. The molecule has 2 unspecified atom stereocenters. The predicted octanol–water partition coefficient (Wildman–Crippen LogP) is 0.342. The molecule has 1 saturated heterocycles. The fourth-order valence-electron chi connectivity index (χ4n) is 2.57. The molecule has 2 aliphatic rings. The number of benzene rings is 1. The van der Waals surface area contributed by atoms with Crippen LogP contribution in [0.15, 0.2) is 30.3 Å². The fraction of sp³-hybridized carbons (Fsp3) is 0.467. The van der Waals surface area contributed by atoms with E-state index >= 15 is 0 Å². The summed E-state index contributed by atoms with van der Waals surface area (Å²) in [6.07, 6.45) is 2.32. The number of hydrogen-bond donors (Lipinski definition) is 3. The van der Waals surface area contributed by atoms with Crippen molar-refractivity contribution in [2.24, 2.45) is 5.92 Å². The molecule has 5 nitrogen and oxygen atoms in total. The number of hydrogen-bond acceptors (Lipinski definition) is 3. The highest BCUT2D eigenvalue weighted by Crippen LogP contribution is 2.40. The zero-order valence-electron chi connectivity index (χ0n) is 11.3. The summed E-state index contributed by atoms with van der Waals surface area (Å²) in [7, 11) is 0. The minimum absolute atomic E-state index is 0.0363. The molecular formula is C15H19N3O2. The molecular weight excluding hydrogens is 254 g/mol. The van der Waals surface area contributed by atoms with Crippen LogP contribution in [-0.4, -0.2) is 30.9 Å². The molecule has 2 fully saturated rings. The van der Waals surface area contributed by atoms with E-state index in [0.29, 0.717) is 12.5 Å². The molecule has 2 amide bonds. The molecule has 1 aliphatic carbocycles. The number of rotatable bonds is 4. The number of nitrogens with one attached hydrogen (secondary N) is 3. The van der Waals surface area contributed by atoms with Gasteiger partial charge in [0.15, 0.2) is 0 Å². The van der Waals surface area contributed by atoms with Crippen LogP contribution < -0.4 is 16.0 Å². The summed E-state index contributed by atoms with van der Waals surface area (Å²) < 4.78 is 0. The molecule has 1 aromatic rings. The SMILES string of the molecule is O=C1CNC(C(=O)NC(c2ccccc2)C2CC2)CN1. The third-order valence-electron chi connectivity index (χ3n) is 3.88. The first kappa shape index (κ1) is 13.1. The smallest absolute Gasteiger partial charge is 0.239 e. The average Bonchev–Trinajstić information content (AvgIpc) is 3.31. The standard InChI is InChI=1S/C15H19N3O2/c19-13-9-16-12(8-17-13)15(20)18-14(11-6-7-11)10-4-2-1-3-5-10/h1-5,11-12,14,16H,6-9H2,(H,17,19)(H,18,20). The Hall–Kier alpha value is -1.88. The molecule has 20 heavy (non-hydrogen) atoms. The van der Waals surface area contributed by atoms with Crippen molar-refractivity contribution in [3.05, 3.63) is 35.9 Å². The summed E-state index contributed by atoms with van der Waals surface area (Å²) in [5.74, 6) is 0.445. The van der Waals surface area contributed by atoms with Crippen molar-refractivity contribution in [1.29, 1.82) is 0 Å². The zero-order chi connectivity index (χ0) is 13.9. The second-order valence-electron chi connectivity index (χ2n) is 5.47. The van der Waals surface area contributed by atoms with Crippen LogP contribution in [0.5, 0.6) is 0 Å². The topological polar surface area (TPSA) is 70.2 Å². The Morgan fingerprint density at radius 1 is 1.25 bits per heavy atom. The number of carbonyl (C=O) groups is 2. The maximum atomic E-state index is 12.3. The van der Waals surface area contributed by atoms with Gasteiger partial charge in [0, 0.05) is 6.54 Å². The van der Waals surface area contributed by atoms with Gasteiger partial charge in [0.1, 0.15) is 6.04 Å². The van der Waals surface area contributed by atoms with Gasteiger partial charge in [-0.1, -0.05) is 30.3 Å². The molecule has 1 heterocycles. The van der Waals surface area contributed by atoms with Gasteiger partial charge >= 0.3 is 0 Å². The predicted molar refractivity (Wildman–Crippen MR) is 74.9 cm³/mol. The van der Waals surface area contributed by atoms with Gasteiger partial charge in [-0.2, -0.15) is 0 Å². The van der Waals surface area contributed by atoms with E-state index in [1.54, 1.807) is 0 Å². The lowest BCUT2D eigenvalue weighted by atomic mass is 10.0. The highest BCUT2D eigenvalue weighted by Gasteiger charge is 2.35. The second-order valence-corrected chi connectivity index (χ2v) is 5.47. The van der Waals surface area contributed by atoms with Crippen LogP contribution >= 0.6 is 0 Å². The molecule has 3 N–H and O–H groups in total. The molecule has 5 heteroatoms. The van der Waals surface area contributed by atoms with E-state index in [1.165, 1.54) is 0 Å². The van der Waals surface area contributed by atoms with Crippen molar-refractivity contribution in [2.75, 3.05) is 13.1 Å². The maximum absolute atomic E-state index is 12.3. The van der Waals surface area contributed by atoms with Crippen LogP contribution in [0, 0.1) is 5.92 Å². The minimum Gasteiger partial charge on any atom is -0.353 e. The molecule has 3 rings (SSSR count). The number of piperazine rings is 1. The van der Waals surface area contributed by atoms with E-state index in [9.17, 15) is 9.59 Å². The molecule has 106 valence electrons. The Kier molecular flexibility index (Phi) is 3.69. The molecule has 0 aromatic heterocycles. The molecule has 0 bridgehead atoms. The lowest BCUT2D eigenvalue weighted by Crippen LogP contribution is -2.58. The van der Waals surface area contributed by atoms with Gasteiger partial charge in [-0.05, 0) is 24.3 Å². The Bertz CT molecular complexity index is 489. The van der Waals surface area contributed by atoms with Crippen molar-refractivity contribution in [1.82, 2.24) is 16.0 Å². The third kappa shape index (κ3) is 2.99. The molecule has 1 aromatic carbocycles. The Morgan fingerprint density at radius 3 is 2.60 bits per heavy atom. The van der Waals surface area contributed by atoms with Gasteiger partial charge in [-0.15, -0.1) is 0 Å². The summed E-state index contributed by atoms with van der Waals surface area (Å²) in [4.78, 5) is 23.4. The monoisotopic (exact) mass is 273 g/mol. The van der Waals surface area contributed by atoms with Gasteiger partial charge < -0.3 is 10.6 Å². The van der Waals surface area contributed by atoms with Crippen LogP contribution in [0.1, 0.15) is 24.4 Å². The van der Waals surface area contributed by atoms with Crippen molar-refractivity contribution in [3.63, 3.8) is 0 Å². The highest BCUT2D eigenvalue weighted by atomic mass is 16.2. The molecule has 2 atom stereocenters. The van der Waals surface area contributed by atoms with Crippen molar-refractivity contribution < 1.29 is 9.59 Å². The molecule has 0 spiro atoms. The maximum Gasteiger partial charge on any atom is 0.239 e. The van der Waals surface area contributed by atoms with Gasteiger partial charge in [-0.25, -0.2) is 0 Å². The van der Waals surface area contributed by atoms with Gasteiger partial charge in [0.05, 0.1) is 12.6 Å². The lowest BCUT2D eigenvalue weighted by Gasteiger charge is -2.26. The van der Waals surface area contributed by atoms with Crippen LogP contribution in [0.2, 0.25) is 0 Å². The summed E-state index contributed by atoms with van der Waals surface area (Å²) in [6, 6.07) is 9.83.